The Morgan fingerprint density at radius 2 is 1.41 bits per heavy atom. The van der Waals surface area contributed by atoms with Crippen LogP contribution in [-0.2, 0) is 26.2 Å². The second-order valence-corrected chi connectivity index (χ2v) is 9.86. The number of carbonyl (C=O) groups is 3. The van der Waals surface area contributed by atoms with E-state index in [0.29, 0.717) is 11.4 Å². The molecule has 0 atom stereocenters. The summed E-state index contributed by atoms with van der Waals surface area (Å²) in [7, 11) is 0. The lowest BCUT2D eigenvalue weighted by Gasteiger charge is -2.19. The first-order valence-corrected chi connectivity index (χ1v) is 12.1. The zero-order chi connectivity index (χ0) is 26.4. The number of rotatable bonds is 7. The number of hydrogen-bond donors (Lipinski definition) is 2. The molecule has 0 aromatic heterocycles. The van der Waals surface area contributed by atoms with Gasteiger partial charge in [0.15, 0.2) is 6.61 Å². The molecule has 0 unspecified atom stereocenters. The first-order chi connectivity index (χ1) is 17.7. The topological polar surface area (TPSA) is 84.5 Å². The Labute approximate surface area is 216 Å². The minimum atomic E-state index is -0.695. The molecule has 4 aromatic rings. The lowest BCUT2D eigenvalue weighted by atomic mass is 9.87. The van der Waals surface area contributed by atoms with Gasteiger partial charge >= 0.3 is 5.97 Å². The van der Waals surface area contributed by atoms with Gasteiger partial charge in [-0.1, -0.05) is 87.5 Å². The number of anilines is 2. The van der Waals surface area contributed by atoms with Crippen LogP contribution in [-0.4, -0.2) is 24.4 Å². The van der Waals surface area contributed by atoms with Gasteiger partial charge in [0.2, 0.25) is 5.91 Å². The molecule has 0 aliphatic carbocycles. The van der Waals surface area contributed by atoms with Crippen molar-refractivity contribution in [1.29, 1.82) is 0 Å². The van der Waals surface area contributed by atoms with E-state index in [9.17, 15) is 14.4 Å². The van der Waals surface area contributed by atoms with Gasteiger partial charge in [0, 0.05) is 5.69 Å². The first kappa shape index (κ1) is 25.6. The summed E-state index contributed by atoms with van der Waals surface area (Å²) >= 11 is 0. The van der Waals surface area contributed by atoms with Crippen LogP contribution in [0.2, 0.25) is 0 Å². The van der Waals surface area contributed by atoms with E-state index < -0.39 is 18.5 Å². The number of benzene rings is 4. The van der Waals surface area contributed by atoms with Crippen LogP contribution in [0.1, 0.15) is 42.3 Å². The molecule has 0 heterocycles. The molecule has 0 spiro atoms. The van der Waals surface area contributed by atoms with Crippen LogP contribution in [0.25, 0.3) is 10.8 Å². The standard InChI is InChI=1S/C31H30N2O4/c1-31(2,3)23-15-17-24(18-16-23)32-29(35)20-37-30(36)26-13-6-7-14-27(26)33-28(34)19-22-11-8-10-21-9-4-5-12-25(21)22/h4-18H,19-20H2,1-3H3,(H,32,35)(H,33,34). The van der Waals surface area contributed by atoms with Crippen molar-refractivity contribution in [3.05, 3.63) is 108 Å². The fourth-order valence-electron chi connectivity index (χ4n) is 4.04. The highest BCUT2D eigenvalue weighted by atomic mass is 16.5. The fraction of sp³-hybridized carbons (Fsp3) is 0.194. The number of nitrogens with one attached hydrogen (secondary N) is 2. The number of hydrogen-bond acceptors (Lipinski definition) is 4. The number of carbonyl (C=O) groups excluding carboxylic acids is 3. The number of para-hydroxylation sites is 1. The number of amides is 2. The van der Waals surface area contributed by atoms with Gasteiger partial charge in [-0.05, 0) is 51.6 Å². The maximum Gasteiger partial charge on any atom is 0.340 e. The maximum absolute atomic E-state index is 12.8. The molecule has 0 fully saturated rings. The molecular weight excluding hydrogens is 464 g/mol. The lowest BCUT2D eigenvalue weighted by Crippen LogP contribution is -2.22. The van der Waals surface area contributed by atoms with Crippen molar-refractivity contribution in [3.8, 4) is 0 Å². The maximum atomic E-state index is 12.8. The Balaban J connectivity index is 1.36. The largest absolute Gasteiger partial charge is 0.452 e. The summed E-state index contributed by atoms with van der Waals surface area (Å²) in [4.78, 5) is 37.9. The van der Waals surface area contributed by atoms with Crippen LogP contribution in [0.15, 0.2) is 91.0 Å². The monoisotopic (exact) mass is 494 g/mol. The van der Waals surface area contributed by atoms with Crippen molar-refractivity contribution in [3.63, 3.8) is 0 Å². The van der Waals surface area contributed by atoms with Crippen molar-refractivity contribution >= 4 is 39.9 Å². The number of fused-ring (bicyclic) bond motifs is 1. The van der Waals surface area contributed by atoms with E-state index in [2.05, 4.69) is 31.4 Å². The van der Waals surface area contributed by atoms with Crippen LogP contribution < -0.4 is 10.6 Å². The number of esters is 1. The summed E-state index contributed by atoms with van der Waals surface area (Å²) in [5, 5.41) is 7.60. The fourth-order valence-corrected chi connectivity index (χ4v) is 4.04. The van der Waals surface area contributed by atoms with Crippen molar-refractivity contribution in [1.82, 2.24) is 0 Å². The molecule has 0 bridgehead atoms. The predicted octanol–water partition coefficient (Wildman–Crippen LogP) is 6.11. The second-order valence-electron chi connectivity index (χ2n) is 9.86. The first-order valence-electron chi connectivity index (χ1n) is 12.1. The highest BCUT2D eigenvalue weighted by Gasteiger charge is 2.17. The third-order valence-corrected chi connectivity index (χ3v) is 6.02. The average molecular weight is 495 g/mol. The Kier molecular flexibility index (Phi) is 7.68. The Morgan fingerprint density at radius 3 is 2.16 bits per heavy atom. The van der Waals surface area contributed by atoms with E-state index in [1.165, 1.54) is 0 Å². The van der Waals surface area contributed by atoms with Gasteiger partial charge in [0.25, 0.3) is 5.91 Å². The van der Waals surface area contributed by atoms with Crippen LogP contribution in [0, 0.1) is 0 Å². The summed E-state index contributed by atoms with van der Waals surface area (Å²) in [5.74, 6) is -1.40. The SMILES string of the molecule is CC(C)(C)c1ccc(NC(=O)COC(=O)c2ccccc2NC(=O)Cc2cccc3ccccc23)cc1. The van der Waals surface area contributed by atoms with Gasteiger partial charge in [0.1, 0.15) is 0 Å². The van der Waals surface area contributed by atoms with Crippen molar-refractivity contribution in [2.45, 2.75) is 32.6 Å². The normalized spacial score (nSPS) is 11.1. The van der Waals surface area contributed by atoms with Crippen molar-refractivity contribution < 1.29 is 19.1 Å². The van der Waals surface area contributed by atoms with Crippen molar-refractivity contribution in [2.75, 3.05) is 17.2 Å². The van der Waals surface area contributed by atoms with E-state index in [-0.39, 0.29) is 23.3 Å². The molecule has 188 valence electrons. The van der Waals surface area contributed by atoms with Gasteiger partial charge in [0.05, 0.1) is 17.7 Å². The molecule has 6 heteroatoms. The van der Waals surface area contributed by atoms with E-state index in [1.54, 1.807) is 24.3 Å². The van der Waals surface area contributed by atoms with Crippen molar-refractivity contribution in [2.24, 2.45) is 0 Å². The minimum absolute atomic E-state index is 0.00968. The van der Waals surface area contributed by atoms with Crippen LogP contribution >= 0.6 is 0 Å². The molecule has 0 aliphatic heterocycles. The van der Waals surface area contributed by atoms with E-state index in [0.717, 1.165) is 21.9 Å². The molecule has 0 radical (unpaired) electrons. The van der Waals surface area contributed by atoms with Gasteiger partial charge in [-0.25, -0.2) is 4.79 Å². The van der Waals surface area contributed by atoms with Gasteiger partial charge in [-0.15, -0.1) is 0 Å². The van der Waals surface area contributed by atoms with E-state index in [4.69, 9.17) is 4.74 Å². The molecule has 0 aliphatic rings. The molecule has 37 heavy (non-hydrogen) atoms. The Morgan fingerprint density at radius 1 is 0.730 bits per heavy atom. The van der Waals surface area contributed by atoms with Crippen LogP contribution in [0.3, 0.4) is 0 Å². The molecule has 2 N–H and O–H groups in total. The summed E-state index contributed by atoms with van der Waals surface area (Å²) in [5.41, 5.74) is 3.18. The quantitative estimate of drug-likeness (QED) is 0.304. The minimum Gasteiger partial charge on any atom is -0.452 e. The number of ether oxygens (including phenoxy) is 1. The van der Waals surface area contributed by atoms with Crippen LogP contribution in [0.4, 0.5) is 11.4 Å². The zero-order valence-electron chi connectivity index (χ0n) is 21.2. The smallest absolute Gasteiger partial charge is 0.340 e. The molecule has 0 saturated heterocycles. The summed E-state index contributed by atoms with van der Waals surface area (Å²) < 4.78 is 5.24. The third-order valence-electron chi connectivity index (χ3n) is 6.02. The molecule has 2 amide bonds. The molecule has 6 nitrogen and oxygen atoms in total. The van der Waals surface area contributed by atoms with Gasteiger partial charge in [-0.2, -0.15) is 0 Å². The molecule has 4 aromatic carbocycles. The molecule has 4 rings (SSSR count). The summed E-state index contributed by atoms with van der Waals surface area (Å²) in [6, 6.07) is 27.8. The average Bonchev–Trinajstić information content (AvgIpc) is 2.87. The highest BCUT2D eigenvalue weighted by molar-refractivity contribution is 6.03. The van der Waals surface area contributed by atoms with Gasteiger partial charge < -0.3 is 15.4 Å². The Bertz CT molecular complexity index is 1430. The highest BCUT2D eigenvalue weighted by Crippen LogP contribution is 2.24. The molecule has 0 saturated carbocycles. The summed E-state index contributed by atoms with van der Waals surface area (Å²) in [6.45, 7) is 5.90. The molecular formula is C31H30N2O4. The lowest BCUT2D eigenvalue weighted by molar-refractivity contribution is -0.119. The zero-order valence-corrected chi connectivity index (χ0v) is 21.2. The van der Waals surface area contributed by atoms with E-state index in [1.807, 2.05) is 66.7 Å². The van der Waals surface area contributed by atoms with E-state index >= 15 is 0 Å². The van der Waals surface area contributed by atoms with Gasteiger partial charge in [-0.3, -0.25) is 9.59 Å². The summed E-state index contributed by atoms with van der Waals surface area (Å²) in [6.07, 6.45) is 0.154. The second kappa shape index (κ2) is 11.1. The Hall–Kier alpha value is -4.45. The van der Waals surface area contributed by atoms with Crippen LogP contribution in [0.5, 0.6) is 0 Å². The predicted molar refractivity (Wildman–Crippen MR) is 147 cm³/mol. The third kappa shape index (κ3) is 6.61.